The molecule has 3 rings (SSSR count). The predicted octanol–water partition coefficient (Wildman–Crippen LogP) is 3.73. The number of halogens is 4. The van der Waals surface area contributed by atoms with Gasteiger partial charge >= 0.3 is 6.18 Å². The van der Waals surface area contributed by atoms with Gasteiger partial charge in [0.05, 0.1) is 25.0 Å². The molecular weight excluding hydrogens is 508 g/mol. The first-order valence-corrected chi connectivity index (χ1v) is 9.74. The molecule has 30 heavy (non-hydrogen) atoms. The van der Waals surface area contributed by atoms with Crippen molar-refractivity contribution in [1.29, 1.82) is 0 Å². The van der Waals surface area contributed by atoms with Crippen molar-refractivity contribution < 1.29 is 13.2 Å². The van der Waals surface area contributed by atoms with Crippen molar-refractivity contribution >= 4 is 29.9 Å². The molecule has 1 aromatic carbocycles. The second kappa shape index (κ2) is 11.0. The number of nitrogens with zero attached hydrogens (tertiary/aromatic N) is 4. The molecule has 0 spiro atoms. The molecule has 2 heterocycles. The summed E-state index contributed by atoms with van der Waals surface area (Å²) in [5.74, 6) is 1.46. The highest BCUT2D eigenvalue weighted by Crippen LogP contribution is 2.20. The fourth-order valence-corrected chi connectivity index (χ4v) is 3.46. The molecule has 0 amide bonds. The van der Waals surface area contributed by atoms with Gasteiger partial charge in [0, 0.05) is 32.7 Å². The number of H-pyrrole nitrogens is 1. The molecule has 166 valence electrons. The average molecular weight is 536 g/mol. The van der Waals surface area contributed by atoms with Gasteiger partial charge in [-0.15, -0.1) is 24.0 Å². The molecule has 1 saturated heterocycles. The maximum atomic E-state index is 12.6. The Bertz CT molecular complexity index is 808. The van der Waals surface area contributed by atoms with Gasteiger partial charge in [-0.3, -0.25) is 9.89 Å². The first-order valence-electron chi connectivity index (χ1n) is 9.74. The van der Waals surface area contributed by atoms with Crippen LogP contribution in [0.5, 0.6) is 0 Å². The normalized spacial score (nSPS) is 17.6. The van der Waals surface area contributed by atoms with Crippen molar-refractivity contribution in [3.8, 4) is 11.3 Å². The first kappa shape index (κ1) is 24.4. The molecule has 2 N–H and O–H groups in total. The van der Waals surface area contributed by atoms with E-state index in [0.29, 0.717) is 38.6 Å². The van der Waals surface area contributed by atoms with Gasteiger partial charge < -0.3 is 15.2 Å². The van der Waals surface area contributed by atoms with Crippen LogP contribution in [0.25, 0.3) is 11.3 Å². The highest BCUT2D eigenvalue weighted by atomic mass is 127. The molecule has 0 bridgehead atoms. The SMILES string of the molecule is CCN=C(NC1CCN(CC(F)(F)F)C1)N(C)Cc1ncc(-c2ccccc2)[nH]1.I. The summed E-state index contributed by atoms with van der Waals surface area (Å²) in [5, 5.41) is 3.32. The van der Waals surface area contributed by atoms with E-state index in [1.807, 2.05) is 49.2 Å². The molecule has 10 heteroatoms. The lowest BCUT2D eigenvalue weighted by atomic mass is 10.2. The largest absolute Gasteiger partial charge is 0.401 e. The van der Waals surface area contributed by atoms with Crippen LogP contribution < -0.4 is 5.32 Å². The molecule has 1 atom stereocenters. The highest BCUT2D eigenvalue weighted by molar-refractivity contribution is 14.0. The second-order valence-electron chi connectivity index (χ2n) is 7.24. The molecule has 1 aromatic heterocycles. The Kier molecular flexibility index (Phi) is 8.95. The number of nitrogens with one attached hydrogen (secondary N) is 2. The summed E-state index contributed by atoms with van der Waals surface area (Å²) in [7, 11) is 1.90. The van der Waals surface area contributed by atoms with Crippen LogP contribution in [0.3, 0.4) is 0 Å². The molecule has 1 unspecified atom stereocenters. The van der Waals surface area contributed by atoms with Crippen molar-refractivity contribution in [2.75, 3.05) is 33.2 Å². The summed E-state index contributed by atoms with van der Waals surface area (Å²) < 4.78 is 37.8. The lowest BCUT2D eigenvalue weighted by Gasteiger charge is -2.25. The van der Waals surface area contributed by atoms with Crippen LogP contribution in [0, 0.1) is 0 Å². The third-order valence-electron chi connectivity index (χ3n) is 4.78. The van der Waals surface area contributed by atoms with E-state index in [-0.39, 0.29) is 30.0 Å². The van der Waals surface area contributed by atoms with Crippen LogP contribution in [-0.2, 0) is 6.54 Å². The molecule has 0 aliphatic carbocycles. The van der Waals surface area contributed by atoms with Gasteiger partial charge in [-0.2, -0.15) is 13.2 Å². The summed E-state index contributed by atoms with van der Waals surface area (Å²) in [5.41, 5.74) is 2.00. The van der Waals surface area contributed by atoms with Crippen molar-refractivity contribution in [3.05, 3.63) is 42.4 Å². The van der Waals surface area contributed by atoms with Crippen molar-refractivity contribution in [1.82, 2.24) is 25.1 Å². The Morgan fingerprint density at radius 1 is 1.33 bits per heavy atom. The van der Waals surface area contributed by atoms with Crippen molar-refractivity contribution in [2.45, 2.75) is 32.1 Å². The smallest absolute Gasteiger partial charge is 0.352 e. The number of guanidine groups is 1. The monoisotopic (exact) mass is 536 g/mol. The molecule has 0 saturated carbocycles. The number of aliphatic imine (C=N–C) groups is 1. The van der Waals surface area contributed by atoms with Crippen molar-refractivity contribution in [2.24, 2.45) is 4.99 Å². The van der Waals surface area contributed by atoms with Gasteiger partial charge in [0.1, 0.15) is 5.82 Å². The van der Waals surface area contributed by atoms with Crippen LogP contribution in [-0.4, -0.2) is 71.2 Å². The number of aromatic amines is 1. The summed E-state index contributed by atoms with van der Waals surface area (Å²) in [6.45, 7) is 2.95. The minimum atomic E-state index is -4.16. The predicted molar refractivity (Wildman–Crippen MR) is 123 cm³/mol. The summed E-state index contributed by atoms with van der Waals surface area (Å²) in [6, 6.07) is 9.88. The zero-order valence-electron chi connectivity index (χ0n) is 17.1. The van der Waals surface area contributed by atoms with Crippen LogP contribution in [0.4, 0.5) is 13.2 Å². The number of rotatable bonds is 6. The van der Waals surface area contributed by atoms with E-state index in [2.05, 4.69) is 20.3 Å². The number of hydrogen-bond acceptors (Lipinski definition) is 3. The number of hydrogen-bond donors (Lipinski definition) is 2. The molecule has 0 radical (unpaired) electrons. The Morgan fingerprint density at radius 3 is 2.73 bits per heavy atom. The van der Waals surface area contributed by atoms with Crippen LogP contribution in [0.2, 0.25) is 0 Å². The minimum Gasteiger partial charge on any atom is -0.352 e. The van der Waals surface area contributed by atoms with E-state index in [0.717, 1.165) is 17.1 Å². The average Bonchev–Trinajstić information content (AvgIpc) is 3.30. The van der Waals surface area contributed by atoms with Crippen LogP contribution in [0.15, 0.2) is 41.5 Å². The quantitative estimate of drug-likeness (QED) is 0.336. The molecule has 1 aliphatic rings. The van der Waals surface area contributed by atoms with Crippen LogP contribution in [0.1, 0.15) is 19.2 Å². The minimum absolute atomic E-state index is 0. The summed E-state index contributed by atoms with van der Waals surface area (Å²) >= 11 is 0. The van der Waals surface area contributed by atoms with E-state index in [1.165, 1.54) is 4.90 Å². The Hall–Kier alpha value is -1.82. The third-order valence-corrected chi connectivity index (χ3v) is 4.78. The fourth-order valence-electron chi connectivity index (χ4n) is 3.46. The second-order valence-corrected chi connectivity index (χ2v) is 7.24. The zero-order valence-corrected chi connectivity index (χ0v) is 19.4. The lowest BCUT2D eigenvalue weighted by Crippen LogP contribution is -2.46. The molecule has 1 aliphatic heterocycles. The van der Waals surface area contributed by atoms with E-state index >= 15 is 0 Å². The summed E-state index contributed by atoms with van der Waals surface area (Å²) in [6.07, 6.45) is -1.71. The lowest BCUT2D eigenvalue weighted by molar-refractivity contribution is -0.143. The van der Waals surface area contributed by atoms with Gasteiger partial charge in [-0.05, 0) is 18.9 Å². The third kappa shape index (κ3) is 7.15. The van der Waals surface area contributed by atoms with E-state index in [4.69, 9.17) is 0 Å². The van der Waals surface area contributed by atoms with E-state index < -0.39 is 12.7 Å². The zero-order chi connectivity index (χ0) is 20.9. The topological polar surface area (TPSA) is 59.6 Å². The van der Waals surface area contributed by atoms with Gasteiger partial charge in [-0.25, -0.2) is 4.98 Å². The highest BCUT2D eigenvalue weighted by Gasteiger charge is 2.34. The molecule has 2 aromatic rings. The van der Waals surface area contributed by atoms with Gasteiger partial charge in [0.25, 0.3) is 0 Å². The maximum absolute atomic E-state index is 12.6. The molecule has 6 nitrogen and oxygen atoms in total. The van der Waals surface area contributed by atoms with E-state index in [1.54, 1.807) is 6.20 Å². The van der Waals surface area contributed by atoms with E-state index in [9.17, 15) is 13.2 Å². The van der Waals surface area contributed by atoms with Gasteiger partial charge in [-0.1, -0.05) is 30.3 Å². The number of likely N-dealkylation sites (tertiary alicyclic amines) is 1. The number of aromatic nitrogens is 2. The fraction of sp³-hybridized carbons (Fsp3) is 0.500. The Morgan fingerprint density at radius 2 is 2.07 bits per heavy atom. The number of alkyl halides is 3. The Balaban J connectivity index is 0.00000320. The van der Waals surface area contributed by atoms with Crippen molar-refractivity contribution in [3.63, 3.8) is 0 Å². The standard InChI is InChI=1S/C20H27F3N6.HI/c1-3-24-19(26-16-9-10-29(12-16)14-20(21,22)23)28(2)13-18-25-11-17(27-18)15-7-5-4-6-8-15;/h4-8,11,16H,3,9-10,12-14H2,1-2H3,(H,24,26)(H,25,27);1H. The molecule has 1 fully saturated rings. The van der Waals surface area contributed by atoms with Crippen LogP contribution >= 0.6 is 24.0 Å². The number of benzene rings is 1. The number of imidazole rings is 1. The maximum Gasteiger partial charge on any atom is 0.401 e. The Labute approximate surface area is 192 Å². The van der Waals surface area contributed by atoms with Gasteiger partial charge in [0.2, 0.25) is 0 Å². The van der Waals surface area contributed by atoms with Gasteiger partial charge in [0.15, 0.2) is 5.96 Å². The molecular formula is C20H28F3IN6. The summed E-state index contributed by atoms with van der Waals surface area (Å²) in [4.78, 5) is 15.6. The first-order chi connectivity index (χ1) is 13.8.